The molecular weight excluding hydrogens is 314 g/mol. The molecule has 7 heteroatoms. The lowest BCUT2D eigenvalue weighted by atomic mass is 10.0. The highest BCUT2D eigenvalue weighted by molar-refractivity contribution is 5.95. The third-order valence-corrected chi connectivity index (χ3v) is 4.23. The van der Waals surface area contributed by atoms with Crippen LogP contribution in [0.5, 0.6) is 5.75 Å². The van der Waals surface area contributed by atoms with Crippen LogP contribution in [0.3, 0.4) is 0 Å². The van der Waals surface area contributed by atoms with Crippen molar-refractivity contribution in [3.8, 4) is 5.75 Å². The van der Waals surface area contributed by atoms with Gasteiger partial charge in [0.05, 0.1) is 19.6 Å². The minimum absolute atomic E-state index is 0.0372. The second-order valence-electron chi connectivity index (χ2n) is 5.75. The van der Waals surface area contributed by atoms with E-state index in [1.165, 1.54) is 26.0 Å². The molecule has 2 atom stereocenters. The molecule has 1 fully saturated rings. The Kier molecular flexibility index (Phi) is 5.56. The quantitative estimate of drug-likeness (QED) is 0.784. The first-order chi connectivity index (χ1) is 11.4. The number of carbonyl (C=O) groups is 3. The normalized spacial score (nSPS) is 20.0. The molecule has 0 aromatic heterocycles. The maximum Gasteiger partial charge on any atom is 0.326 e. The summed E-state index contributed by atoms with van der Waals surface area (Å²) in [6.07, 6.45) is -0.0623. The number of carbonyl (C=O) groups excluding carboxylic acids is 2. The number of rotatable bonds is 6. The highest BCUT2D eigenvalue weighted by Gasteiger charge is 2.39. The van der Waals surface area contributed by atoms with Gasteiger partial charge in [-0.1, -0.05) is 0 Å². The minimum Gasteiger partial charge on any atom is -0.496 e. The number of ether oxygens (including phenoxy) is 2. The molecule has 1 aromatic carbocycles. The Hall–Kier alpha value is -2.41. The van der Waals surface area contributed by atoms with E-state index in [4.69, 9.17) is 9.47 Å². The number of amides is 1. The number of methoxy groups -OCH3 is 2. The molecule has 1 aliphatic heterocycles. The van der Waals surface area contributed by atoms with Crippen LogP contribution in [-0.2, 0) is 20.7 Å². The van der Waals surface area contributed by atoms with Gasteiger partial charge in [-0.25, -0.2) is 4.79 Å². The molecule has 2 rings (SSSR count). The van der Waals surface area contributed by atoms with Crippen LogP contribution in [-0.4, -0.2) is 60.6 Å². The number of aliphatic carboxylic acids is 1. The zero-order chi connectivity index (χ0) is 17.9. The Labute approximate surface area is 140 Å². The van der Waals surface area contributed by atoms with Gasteiger partial charge in [0.15, 0.2) is 5.78 Å². The van der Waals surface area contributed by atoms with Gasteiger partial charge in [-0.15, -0.1) is 0 Å². The van der Waals surface area contributed by atoms with Gasteiger partial charge in [-0.2, -0.15) is 0 Å². The third-order valence-electron chi connectivity index (χ3n) is 4.23. The molecule has 1 aliphatic rings. The van der Waals surface area contributed by atoms with Crippen molar-refractivity contribution in [3.63, 3.8) is 0 Å². The summed E-state index contributed by atoms with van der Waals surface area (Å²) in [6, 6.07) is 3.98. The van der Waals surface area contributed by atoms with Crippen molar-refractivity contribution in [1.29, 1.82) is 0 Å². The Morgan fingerprint density at radius 2 is 2.00 bits per heavy atom. The predicted octanol–water partition coefficient (Wildman–Crippen LogP) is 1.14. The van der Waals surface area contributed by atoms with Crippen LogP contribution in [0.4, 0.5) is 0 Å². The molecule has 0 radical (unpaired) electrons. The minimum atomic E-state index is -1.05. The van der Waals surface area contributed by atoms with Gasteiger partial charge >= 0.3 is 5.97 Å². The van der Waals surface area contributed by atoms with Crippen LogP contribution in [0.25, 0.3) is 0 Å². The Morgan fingerprint density at radius 1 is 1.29 bits per heavy atom. The lowest BCUT2D eigenvalue weighted by Crippen LogP contribution is -2.41. The van der Waals surface area contributed by atoms with Crippen molar-refractivity contribution in [2.45, 2.75) is 31.9 Å². The van der Waals surface area contributed by atoms with Gasteiger partial charge in [-0.3, -0.25) is 9.59 Å². The molecule has 0 spiro atoms. The molecule has 0 aliphatic carbocycles. The number of hydrogen-bond donors (Lipinski definition) is 1. The van der Waals surface area contributed by atoms with Crippen molar-refractivity contribution >= 4 is 17.7 Å². The number of hydrogen-bond acceptors (Lipinski definition) is 5. The van der Waals surface area contributed by atoms with Gasteiger partial charge < -0.3 is 19.5 Å². The lowest BCUT2D eigenvalue weighted by Gasteiger charge is -2.22. The second-order valence-corrected chi connectivity index (χ2v) is 5.75. The molecule has 0 bridgehead atoms. The van der Waals surface area contributed by atoms with E-state index >= 15 is 0 Å². The van der Waals surface area contributed by atoms with E-state index in [9.17, 15) is 19.5 Å². The maximum absolute atomic E-state index is 12.6. The molecule has 24 heavy (non-hydrogen) atoms. The molecular formula is C17H21NO6. The van der Waals surface area contributed by atoms with Crippen LogP contribution in [0, 0.1) is 0 Å². The van der Waals surface area contributed by atoms with Crippen LogP contribution in [0.1, 0.15) is 29.3 Å². The molecule has 1 saturated heterocycles. The number of carboxylic acid groups (broad SMARTS) is 1. The van der Waals surface area contributed by atoms with E-state index in [2.05, 4.69) is 0 Å². The molecule has 130 valence electrons. The number of benzene rings is 1. The number of Topliss-reactive ketones (excluding diaryl/α,β-unsaturated/α-hetero) is 1. The second kappa shape index (κ2) is 7.44. The molecule has 7 nitrogen and oxygen atoms in total. The smallest absolute Gasteiger partial charge is 0.326 e. The summed E-state index contributed by atoms with van der Waals surface area (Å²) in [5.74, 6) is -1.01. The zero-order valence-corrected chi connectivity index (χ0v) is 13.9. The summed E-state index contributed by atoms with van der Waals surface area (Å²) in [5.41, 5.74) is 1.03. The van der Waals surface area contributed by atoms with Crippen LogP contribution in [0.15, 0.2) is 18.2 Å². The fourth-order valence-corrected chi connectivity index (χ4v) is 2.88. The monoisotopic (exact) mass is 335 g/mol. The summed E-state index contributed by atoms with van der Waals surface area (Å²) >= 11 is 0. The Balaban J connectivity index is 2.23. The van der Waals surface area contributed by atoms with Crippen LogP contribution >= 0.6 is 0 Å². The zero-order valence-electron chi connectivity index (χ0n) is 13.9. The maximum atomic E-state index is 12.6. The SMILES string of the molecule is COc1ccc(C(C)=O)cc1CC(=O)N1CC(OC)CC1C(=O)O. The van der Waals surface area contributed by atoms with Gasteiger partial charge in [0.25, 0.3) is 0 Å². The largest absolute Gasteiger partial charge is 0.496 e. The molecule has 1 N–H and O–H groups in total. The fourth-order valence-electron chi connectivity index (χ4n) is 2.88. The highest BCUT2D eigenvalue weighted by Crippen LogP contribution is 2.25. The molecule has 1 aromatic rings. The lowest BCUT2D eigenvalue weighted by molar-refractivity contribution is -0.148. The predicted molar refractivity (Wildman–Crippen MR) is 85.3 cm³/mol. The van der Waals surface area contributed by atoms with Crippen molar-refractivity contribution in [2.24, 2.45) is 0 Å². The van der Waals surface area contributed by atoms with Crippen molar-refractivity contribution in [2.75, 3.05) is 20.8 Å². The van der Waals surface area contributed by atoms with Crippen LogP contribution in [0.2, 0.25) is 0 Å². The summed E-state index contributed by atoms with van der Waals surface area (Å²) in [5, 5.41) is 9.31. The first-order valence-electron chi connectivity index (χ1n) is 7.60. The first-order valence-corrected chi connectivity index (χ1v) is 7.60. The Bertz CT molecular complexity index is 656. The van der Waals surface area contributed by atoms with Gasteiger partial charge in [0.2, 0.25) is 5.91 Å². The van der Waals surface area contributed by atoms with E-state index in [0.717, 1.165) is 0 Å². The van der Waals surface area contributed by atoms with E-state index in [-0.39, 0.29) is 37.2 Å². The van der Waals surface area contributed by atoms with Crippen molar-refractivity contribution in [1.82, 2.24) is 4.90 Å². The molecule has 1 amide bonds. The Morgan fingerprint density at radius 3 is 2.54 bits per heavy atom. The van der Waals surface area contributed by atoms with Crippen molar-refractivity contribution < 1.29 is 29.0 Å². The van der Waals surface area contributed by atoms with E-state index < -0.39 is 12.0 Å². The molecule has 2 unspecified atom stereocenters. The van der Waals surface area contributed by atoms with Gasteiger partial charge in [-0.05, 0) is 25.1 Å². The summed E-state index contributed by atoms with van der Waals surface area (Å²) < 4.78 is 10.4. The molecule has 1 heterocycles. The molecule has 0 saturated carbocycles. The summed E-state index contributed by atoms with van der Waals surface area (Å²) in [6.45, 7) is 1.68. The topological polar surface area (TPSA) is 93.1 Å². The van der Waals surface area contributed by atoms with Gasteiger partial charge in [0.1, 0.15) is 11.8 Å². The average Bonchev–Trinajstić information content (AvgIpc) is 2.99. The number of ketones is 1. The number of nitrogens with zero attached hydrogens (tertiary/aromatic N) is 1. The van der Waals surface area contributed by atoms with Crippen molar-refractivity contribution in [3.05, 3.63) is 29.3 Å². The van der Waals surface area contributed by atoms with E-state index in [0.29, 0.717) is 16.9 Å². The highest BCUT2D eigenvalue weighted by atomic mass is 16.5. The summed E-state index contributed by atoms with van der Waals surface area (Å²) in [7, 11) is 2.98. The van der Waals surface area contributed by atoms with Gasteiger partial charge in [0, 0.05) is 31.2 Å². The first kappa shape index (κ1) is 17.9. The fraction of sp³-hybridized carbons (Fsp3) is 0.471. The standard InChI is InChI=1S/C17H21NO6/c1-10(19)11-4-5-15(24-3)12(6-11)7-16(20)18-9-13(23-2)8-14(18)17(21)22/h4-6,13-14H,7-9H2,1-3H3,(H,21,22). The number of carboxylic acids is 1. The number of likely N-dealkylation sites (tertiary alicyclic amines) is 1. The summed E-state index contributed by atoms with van der Waals surface area (Å²) in [4.78, 5) is 36.8. The third kappa shape index (κ3) is 3.73. The van der Waals surface area contributed by atoms with Crippen LogP contribution < -0.4 is 4.74 Å². The van der Waals surface area contributed by atoms with E-state index in [1.54, 1.807) is 18.2 Å². The van der Waals surface area contributed by atoms with E-state index in [1.807, 2.05) is 0 Å². The average molecular weight is 335 g/mol.